The van der Waals surface area contributed by atoms with E-state index in [1.54, 1.807) is 0 Å². The summed E-state index contributed by atoms with van der Waals surface area (Å²) in [6.45, 7) is 0. The van der Waals surface area contributed by atoms with Gasteiger partial charge in [-0.25, -0.2) is 0 Å². The lowest BCUT2D eigenvalue weighted by atomic mass is 9.89. The smallest absolute Gasteiger partial charge is 0.317 e. The third-order valence-corrected chi connectivity index (χ3v) is 4.06. The zero-order valence-electron chi connectivity index (χ0n) is 13.5. The summed E-state index contributed by atoms with van der Waals surface area (Å²) in [7, 11) is 7.15. The molecule has 0 bridgehead atoms. The molecule has 24 heavy (non-hydrogen) atoms. The van der Waals surface area contributed by atoms with E-state index < -0.39 is 5.92 Å². The standard InChI is InChI=1S/C21H17BO2/c1-24-21(23)20(17-5-3-2-4-6-17)18-9-7-15(8-10-18)16-11-13-19(22)14-12-16/h2-14,20H,1H3. The molecule has 0 aliphatic rings. The van der Waals surface area contributed by atoms with Crippen LogP contribution in [0.1, 0.15) is 17.0 Å². The van der Waals surface area contributed by atoms with Gasteiger partial charge < -0.3 is 4.74 Å². The van der Waals surface area contributed by atoms with Crippen molar-refractivity contribution in [2.75, 3.05) is 7.11 Å². The van der Waals surface area contributed by atoms with Gasteiger partial charge in [0.1, 0.15) is 13.8 Å². The van der Waals surface area contributed by atoms with Gasteiger partial charge in [0.25, 0.3) is 0 Å². The minimum Gasteiger partial charge on any atom is -0.468 e. The average Bonchev–Trinajstić information content (AvgIpc) is 2.64. The highest BCUT2D eigenvalue weighted by atomic mass is 16.5. The topological polar surface area (TPSA) is 26.3 Å². The summed E-state index contributed by atoms with van der Waals surface area (Å²) in [6, 6.07) is 25.4. The van der Waals surface area contributed by atoms with Crippen molar-refractivity contribution < 1.29 is 9.53 Å². The molecule has 3 aromatic carbocycles. The van der Waals surface area contributed by atoms with Gasteiger partial charge in [0.05, 0.1) is 7.11 Å². The molecule has 0 aliphatic carbocycles. The molecule has 0 aliphatic heterocycles. The van der Waals surface area contributed by atoms with Crippen LogP contribution >= 0.6 is 0 Å². The normalized spacial score (nSPS) is 11.7. The highest BCUT2D eigenvalue weighted by molar-refractivity contribution is 6.32. The number of benzene rings is 3. The maximum absolute atomic E-state index is 12.3. The van der Waals surface area contributed by atoms with Gasteiger partial charge in [-0.2, -0.15) is 0 Å². The lowest BCUT2D eigenvalue weighted by Crippen LogP contribution is -2.15. The van der Waals surface area contributed by atoms with Crippen LogP contribution < -0.4 is 5.46 Å². The van der Waals surface area contributed by atoms with Gasteiger partial charge in [-0.1, -0.05) is 84.3 Å². The summed E-state index contributed by atoms with van der Waals surface area (Å²) >= 11 is 0. The largest absolute Gasteiger partial charge is 0.468 e. The fourth-order valence-corrected chi connectivity index (χ4v) is 2.77. The Morgan fingerprint density at radius 3 is 1.83 bits per heavy atom. The summed E-state index contributed by atoms with van der Waals surface area (Å²) in [5.74, 6) is -0.682. The van der Waals surface area contributed by atoms with E-state index in [0.29, 0.717) is 0 Å². The fourth-order valence-electron chi connectivity index (χ4n) is 2.77. The van der Waals surface area contributed by atoms with Gasteiger partial charge in [-0.05, 0) is 22.3 Å². The number of hydrogen-bond donors (Lipinski definition) is 0. The lowest BCUT2D eigenvalue weighted by Gasteiger charge is -2.16. The molecule has 1 atom stereocenters. The molecule has 0 N–H and O–H groups in total. The first kappa shape index (κ1) is 16.1. The van der Waals surface area contributed by atoms with E-state index in [1.165, 1.54) is 7.11 Å². The third-order valence-electron chi connectivity index (χ3n) is 4.06. The fraction of sp³-hybridized carbons (Fsp3) is 0.0952. The van der Waals surface area contributed by atoms with Gasteiger partial charge in [0.2, 0.25) is 0 Å². The number of rotatable bonds is 4. The van der Waals surface area contributed by atoms with Gasteiger partial charge in [-0.15, -0.1) is 0 Å². The van der Waals surface area contributed by atoms with Crippen molar-refractivity contribution in [3.8, 4) is 11.1 Å². The maximum Gasteiger partial charge on any atom is 0.317 e. The first-order valence-electron chi connectivity index (χ1n) is 7.77. The Hall–Kier alpha value is -2.81. The summed E-state index contributed by atoms with van der Waals surface area (Å²) in [6.07, 6.45) is 0. The Morgan fingerprint density at radius 2 is 1.29 bits per heavy atom. The highest BCUT2D eigenvalue weighted by Gasteiger charge is 2.23. The average molecular weight is 312 g/mol. The molecule has 0 spiro atoms. The van der Waals surface area contributed by atoms with Crippen LogP contribution in [0.25, 0.3) is 11.1 Å². The second kappa shape index (κ2) is 7.18. The Kier molecular flexibility index (Phi) is 4.81. The first-order valence-corrected chi connectivity index (χ1v) is 7.77. The van der Waals surface area contributed by atoms with Crippen molar-refractivity contribution in [3.63, 3.8) is 0 Å². The first-order chi connectivity index (χ1) is 11.7. The van der Waals surface area contributed by atoms with E-state index in [0.717, 1.165) is 27.7 Å². The molecule has 3 aromatic rings. The van der Waals surface area contributed by atoms with E-state index in [4.69, 9.17) is 12.6 Å². The molecule has 3 heteroatoms. The van der Waals surface area contributed by atoms with E-state index in [1.807, 2.05) is 78.9 Å². The van der Waals surface area contributed by atoms with Crippen molar-refractivity contribution >= 4 is 19.3 Å². The lowest BCUT2D eigenvalue weighted by molar-refractivity contribution is -0.141. The number of carbonyl (C=O) groups is 1. The van der Waals surface area contributed by atoms with Crippen molar-refractivity contribution in [1.82, 2.24) is 0 Å². The molecule has 0 saturated heterocycles. The van der Waals surface area contributed by atoms with E-state index in [9.17, 15) is 4.79 Å². The van der Waals surface area contributed by atoms with Crippen molar-refractivity contribution in [2.24, 2.45) is 0 Å². The summed E-state index contributed by atoms with van der Waals surface area (Å²) in [5, 5.41) is 0. The second-order valence-electron chi connectivity index (χ2n) is 5.61. The molecular formula is C21H17BO2. The number of ether oxygens (including phenoxy) is 1. The van der Waals surface area contributed by atoms with Crippen molar-refractivity contribution in [1.29, 1.82) is 0 Å². The van der Waals surface area contributed by atoms with Crippen LogP contribution in [-0.4, -0.2) is 20.9 Å². The van der Waals surface area contributed by atoms with Crippen LogP contribution in [0.4, 0.5) is 0 Å². The Bertz CT molecular complexity index is 809. The Morgan fingerprint density at radius 1 is 0.792 bits per heavy atom. The van der Waals surface area contributed by atoms with Crippen LogP contribution in [0.2, 0.25) is 0 Å². The van der Waals surface area contributed by atoms with Gasteiger partial charge in [-0.3, -0.25) is 4.79 Å². The monoisotopic (exact) mass is 312 g/mol. The van der Waals surface area contributed by atoms with Crippen molar-refractivity contribution in [2.45, 2.75) is 5.92 Å². The predicted molar refractivity (Wildman–Crippen MR) is 97.6 cm³/mol. The number of carbonyl (C=O) groups excluding carboxylic acids is 1. The number of esters is 1. The molecule has 0 amide bonds. The van der Waals surface area contributed by atoms with Crippen LogP contribution in [0.3, 0.4) is 0 Å². The van der Waals surface area contributed by atoms with E-state index in [2.05, 4.69) is 0 Å². The molecule has 0 fully saturated rings. The van der Waals surface area contributed by atoms with E-state index in [-0.39, 0.29) is 5.97 Å². The zero-order valence-corrected chi connectivity index (χ0v) is 13.5. The zero-order chi connectivity index (χ0) is 16.9. The minimum atomic E-state index is -0.420. The third kappa shape index (κ3) is 3.41. The molecule has 116 valence electrons. The molecule has 3 rings (SSSR count). The molecule has 0 aromatic heterocycles. The SMILES string of the molecule is [B]c1ccc(-c2ccc(C(C(=O)OC)c3ccccc3)cc2)cc1. The van der Waals surface area contributed by atoms with Crippen molar-refractivity contribution in [3.05, 3.63) is 90.0 Å². The molecule has 0 heterocycles. The predicted octanol–water partition coefficient (Wildman–Crippen LogP) is 3.45. The second-order valence-corrected chi connectivity index (χ2v) is 5.61. The summed E-state index contributed by atoms with van der Waals surface area (Å²) in [5.41, 5.74) is 4.74. The van der Waals surface area contributed by atoms with Crippen LogP contribution in [-0.2, 0) is 9.53 Å². The minimum absolute atomic E-state index is 0.263. The van der Waals surface area contributed by atoms with Gasteiger partial charge in [0, 0.05) is 0 Å². The van der Waals surface area contributed by atoms with Crippen LogP contribution in [0.5, 0.6) is 0 Å². The van der Waals surface area contributed by atoms with Gasteiger partial charge in [0.15, 0.2) is 0 Å². The molecule has 0 saturated carbocycles. The Labute approximate surface area is 143 Å². The highest BCUT2D eigenvalue weighted by Crippen LogP contribution is 2.28. The maximum atomic E-state index is 12.3. The summed E-state index contributed by atoms with van der Waals surface area (Å²) in [4.78, 5) is 12.3. The molecule has 2 nitrogen and oxygen atoms in total. The van der Waals surface area contributed by atoms with Gasteiger partial charge >= 0.3 is 5.97 Å². The molecule has 2 radical (unpaired) electrons. The molecule has 1 unspecified atom stereocenters. The van der Waals surface area contributed by atoms with E-state index >= 15 is 0 Å². The van der Waals surface area contributed by atoms with Crippen LogP contribution in [0, 0.1) is 0 Å². The molecular weight excluding hydrogens is 295 g/mol. The quantitative estimate of drug-likeness (QED) is 0.545. The Balaban J connectivity index is 1.95. The van der Waals surface area contributed by atoms with Crippen LogP contribution in [0.15, 0.2) is 78.9 Å². The number of hydrogen-bond acceptors (Lipinski definition) is 2. The number of methoxy groups -OCH3 is 1. The summed E-state index contributed by atoms with van der Waals surface area (Å²) < 4.78 is 5.00.